The van der Waals surface area contributed by atoms with Crippen molar-refractivity contribution < 1.29 is 46.7 Å². The molecule has 0 bridgehead atoms. The van der Waals surface area contributed by atoms with E-state index in [9.17, 15) is 32.7 Å². The Hall–Kier alpha value is -3.48. The molecule has 11 nitrogen and oxygen atoms in total. The summed E-state index contributed by atoms with van der Waals surface area (Å²) in [6, 6.07) is 6.96. The number of aromatic carboxylic acids is 1. The van der Waals surface area contributed by atoms with Gasteiger partial charge in [0.25, 0.3) is 10.0 Å². The number of anilines is 1. The van der Waals surface area contributed by atoms with Crippen LogP contribution in [0.4, 0.5) is 10.5 Å². The van der Waals surface area contributed by atoms with Crippen molar-refractivity contribution in [3.63, 3.8) is 0 Å². The lowest BCUT2D eigenvalue weighted by Gasteiger charge is -2.27. The maximum Gasteiger partial charge on any atom is 0.524 e. The monoisotopic (exact) mass is 541 g/mol. The Labute approximate surface area is 213 Å². The van der Waals surface area contributed by atoms with E-state index in [2.05, 4.69) is 4.72 Å². The number of hydrogen-bond donors (Lipinski definition) is 2. The first-order valence-electron chi connectivity index (χ1n) is 10.4. The van der Waals surface area contributed by atoms with E-state index in [-0.39, 0.29) is 16.3 Å². The highest BCUT2D eigenvalue weighted by molar-refractivity contribution is 7.92. The highest BCUT2D eigenvalue weighted by atomic mass is 35.5. The molecule has 2 rings (SSSR count). The molecule has 2 N–H and O–H groups in total. The molecule has 0 radical (unpaired) electrons. The number of benzene rings is 2. The Morgan fingerprint density at radius 2 is 1.67 bits per heavy atom. The molecular weight excluding hydrogens is 516 g/mol. The molecule has 2 aromatic carbocycles. The van der Waals surface area contributed by atoms with Crippen molar-refractivity contribution in [3.8, 4) is 5.75 Å². The normalized spacial score (nSPS) is 12.0. The fourth-order valence-electron chi connectivity index (χ4n) is 2.86. The van der Waals surface area contributed by atoms with Crippen molar-refractivity contribution in [1.29, 1.82) is 0 Å². The molecule has 0 heterocycles. The molecule has 0 saturated heterocycles. The topological polar surface area (TPSA) is 153 Å². The molecule has 0 aliphatic heterocycles. The zero-order chi connectivity index (χ0) is 27.6. The van der Waals surface area contributed by atoms with Gasteiger partial charge in [-0.15, -0.1) is 0 Å². The zero-order valence-corrected chi connectivity index (χ0v) is 22.0. The minimum absolute atomic E-state index is 0.157. The maximum absolute atomic E-state index is 13.2. The van der Waals surface area contributed by atoms with Gasteiger partial charge in [0, 0.05) is 6.92 Å². The SMILES string of the molecule is CC(=O)Oc1c(NS(=O)(=O)c2cc(C(=O)[N+](C)(C)C(=O)OC(C)(C)C)ccc2Cl)cccc1C(=O)O. The fraction of sp³-hybridized carbons (Fsp3) is 0.304. The molecule has 0 atom stereocenters. The summed E-state index contributed by atoms with van der Waals surface area (Å²) in [4.78, 5) is 48.2. The molecule has 194 valence electrons. The van der Waals surface area contributed by atoms with E-state index < -0.39 is 60.3 Å². The minimum Gasteiger partial charge on any atom is -0.478 e. The van der Waals surface area contributed by atoms with Crippen molar-refractivity contribution in [2.24, 2.45) is 0 Å². The first-order chi connectivity index (χ1) is 16.4. The lowest BCUT2D eigenvalue weighted by Crippen LogP contribution is -2.52. The lowest BCUT2D eigenvalue weighted by molar-refractivity contribution is -0.732. The van der Waals surface area contributed by atoms with Gasteiger partial charge in [-0.25, -0.2) is 18.0 Å². The van der Waals surface area contributed by atoms with Gasteiger partial charge in [0.05, 0.1) is 30.4 Å². The van der Waals surface area contributed by atoms with E-state index in [1.807, 2.05) is 0 Å². The minimum atomic E-state index is -4.54. The summed E-state index contributed by atoms with van der Waals surface area (Å²) in [5.41, 5.74) is -1.83. The Balaban J connectivity index is 2.53. The molecule has 0 unspecified atom stereocenters. The van der Waals surface area contributed by atoms with E-state index >= 15 is 0 Å². The van der Waals surface area contributed by atoms with Crippen molar-refractivity contribution in [3.05, 3.63) is 52.5 Å². The third kappa shape index (κ3) is 6.59. The molecule has 2 amide bonds. The Bertz CT molecular complexity index is 1350. The maximum atomic E-state index is 13.2. The summed E-state index contributed by atoms with van der Waals surface area (Å²) in [7, 11) is -1.95. The first kappa shape index (κ1) is 28.8. The number of nitrogens with zero attached hydrogens (tertiary/aromatic N) is 1. The third-order valence-corrected chi connectivity index (χ3v) is 6.41. The molecule has 0 saturated carbocycles. The number of para-hydroxylation sites is 1. The van der Waals surface area contributed by atoms with Crippen LogP contribution in [0.1, 0.15) is 48.4 Å². The van der Waals surface area contributed by atoms with Crippen LogP contribution in [0.15, 0.2) is 41.3 Å². The number of imide groups is 1. The van der Waals surface area contributed by atoms with Gasteiger partial charge in [0.1, 0.15) is 16.1 Å². The predicted molar refractivity (Wildman–Crippen MR) is 130 cm³/mol. The van der Waals surface area contributed by atoms with Crippen LogP contribution in [-0.2, 0) is 19.6 Å². The molecule has 0 aliphatic rings. The van der Waals surface area contributed by atoms with Crippen LogP contribution in [0.5, 0.6) is 5.75 Å². The highest BCUT2D eigenvalue weighted by Crippen LogP contribution is 2.33. The second-order valence-corrected chi connectivity index (χ2v) is 11.1. The second kappa shape index (κ2) is 10.2. The van der Waals surface area contributed by atoms with Gasteiger partial charge in [0.2, 0.25) is 0 Å². The van der Waals surface area contributed by atoms with Crippen LogP contribution in [0.25, 0.3) is 0 Å². The fourth-order valence-corrected chi connectivity index (χ4v) is 4.45. The van der Waals surface area contributed by atoms with E-state index in [1.165, 1.54) is 38.4 Å². The van der Waals surface area contributed by atoms with Gasteiger partial charge in [0.15, 0.2) is 5.75 Å². The molecule has 0 aromatic heterocycles. The average molecular weight is 542 g/mol. The Morgan fingerprint density at radius 1 is 1.06 bits per heavy atom. The number of rotatable bonds is 6. The summed E-state index contributed by atoms with van der Waals surface area (Å²) < 4.78 is 37.9. The van der Waals surface area contributed by atoms with Crippen molar-refractivity contribution in [2.45, 2.75) is 38.2 Å². The van der Waals surface area contributed by atoms with Crippen LogP contribution in [0.3, 0.4) is 0 Å². The van der Waals surface area contributed by atoms with Crippen LogP contribution >= 0.6 is 11.6 Å². The molecule has 0 spiro atoms. The van der Waals surface area contributed by atoms with Gasteiger partial charge in [-0.3, -0.25) is 9.52 Å². The number of ether oxygens (including phenoxy) is 2. The number of sulfonamides is 1. The van der Waals surface area contributed by atoms with Gasteiger partial charge >= 0.3 is 23.9 Å². The lowest BCUT2D eigenvalue weighted by atomic mass is 10.2. The number of amides is 2. The van der Waals surface area contributed by atoms with Gasteiger partial charge in [-0.1, -0.05) is 17.7 Å². The van der Waals surface area contributed by atoms with Crippen molar-refractivity contribution in [2.75, 3.05) is 18.8 Å². The number of carboxylic acids is 1. The second-order valence-electron chi connectivity index (χ2n) is 9.07. The van der Waals surface area contributed by atoms with Crippen molar-refractivity contribution in [1.82, 2.24) is 0 Å². The molecule has 0 fully saturated rings. The predicted octanol–water partition coefficient (Wildman–Crippen LogP) is 3.92. The summed E-state index contributed by atoms with van der Waals surface area (Å²) in [6.07, 6.45) is -0.860. The highest BCUT2D eigenvalue weighted by Gasteiger charge is 2.41. The Morgan fingerprint density at radius 3 is 2.19 bits per heavy atom. The van der Waals surface area contributed by atoms with Crippen LogP contribution < -0.4 is 9.46 Å². The summed E-state index contributed by atoms with van der Waals surface area (Å²) >= 11 is 6.11. The van der Waals surface area contributed by atoms with Crippen LogP contribution in [0, 0.1) is 0 Å². The van der Waals surface area contributed by atoms with Crippen molar-refractivity contribution >= 4 is 51.3 Å². The number of hydrogen-bond acceptors (Lipinski definition) is 8. The standard InChI is InChI=1S/C23H25ClN2O9S/c1-13(27)34-19-15(21(29)30)8-7-9-17(19)25-36(32,33)18-12-14(10-11-16(18)24)20(28)26(5,6)22(31)35-23(2,3)4/h7-12,25H,1-6H3/p+1. The van der Waals surface area contributed by atoms with Crippen LogP contribution in [0.2, 0.25) is 5.02 Å². The largest absolute Gasteiger partial charge is 0.524 e. The van der Waals surface area contributed by atoms with Crippen LogP contribution in [-0.4, -0.2) is 61.6 Å². The summed E-state index contributed by atoms with van der Waals surface area (Å²) in [6.45, 7) is 5.93. The van der Waals surface area contributed by atoms with E-state index in [0.717, 1.165) is 19.1 Å². The summed E-state index contributed by atoms with van der Waals surface area (Å²) in [5.74, 6) is -3.63. The summed E-state index contributed by atoms with van der Waals surface area (Å²) in [5, 5.41) is 9.13. The molecule has 13 heteroatoms. The zero-order valence-electron chi connectivity index (χ0n) is 20.4. The Kier molecular flexibility index (Phi) is 8.19. The molecular formula is C23H26ClN2O9S+. The smallest absolute Gasteiger partial charge is 0.478 e. The number of quaternary nitrogens is 1. The van der Waals surface area contributed by atoms with Gasteiger partial charge < -0.3 is 14.6 Å². The van der Waals surface area contributed by atoms with E-state index in [0.29, 0.717) is 0 Å². The number of carbonyl (C=O) groups excluding carboxylic acids is 3. The van der Waals surface area contributed by atoms with E-state index in [1.54, 1.807) is 20.8 Å². The molecule has 36 heavy (non-hydrogen) atoms. The molecule has 2 aromatic rings. The number of esters is 1. The molecule has 0 aliphatic carbocycles. The third-order valence-electron chi connectivity index (χ3n) is 4.56. The number of nitrogens with one attached hydrogen (secondary N) is 1. The number of halogens is 1. The van der Waals surface area contributed by atoms with Gasteiger partial charge in [-0.05, 0) is 51.1 Å². The van der Waals surface area contributed by atoms with E-state index in [4.69, 9.17) is 21.1 Å². The quantitative estimate of drug-likeness (QED) is 0.314. The number of carbonyl (C=O) groups is 4. The number of carboxylic acid groups (broad SMARTS) is 1. The van der Waals surface area contributed by atoms with Gasteiger partial charge in [-0.2, -0.15) is 9.28 Å². The first-order valence-corrected chi connectivity index (χ1v) is 12.2. The average Bonchev–Trinajstić information content (AvgIpc) is 2.72.